The van der Waals surface area contributed by atoms with Gasteiger partial charge in [-0.3, -0.25) is 0 Å². The number of rotatable bonds is 8. The summed E-state index contributed by atoms with van der Waals surface area (Å²) in [6.07, 6.45) is -9.36. The molecule has 9 heteroatoms. The van der Waals surface area contributed by atoms with Crippen LogP contribution in [-0.4, -0.2) is 81.2 Å². The summed E-state index contributed by atoms with van der Waals surface area (Å²) in [5.74, 6) is -2.86. The van der Waals surface area contributed by atoms with E-state index in [0.717, 1.165) is 6.92 Å². The highest BCUT2D eigenvalue weighted by Crippen LogP contribution is 2.08. The Kier molecular flexibility index (Phi) is 8.46. The summed E-state index contributed by atoms with van der Waals surface area (Å²) in [5, 5.41) is 46.6. The summed E-state index contributed by atoms with van der Waals surface area (Å²) in [6, 6.07) is 0. The summed E-state index contributed by atoms with van der Waals surface area (Å²) >= 11 is 0. The molecule has 118 valence electrons. The van der Waals surface area contributed by atoms with E-state index in [1.165, 1.54) is 0 Å². The van der Waals surface area contributed by atoms with Gasteiger partial charge in [-0.1, -0.05) is 0 Å². The van der Waals surface area contributed by atoms with Gasteiger partial charge < -0.3 is 35.0 Å². The van der Waals surface area contributed by atoms with Crippen molar-refractivity contribution < 1.29 is 44.6 Å². The molecule has 0 heterocycles. The van der Waals surface area contributed by atoms with Gasteiger partial charge in [-0.15, -0.1) is 0 Å². The Hall–Kier alpha value is -1.10. The Morgan fingerprint density at radius 3 is 2.00 bits per heavy atom. The molecule has 0 aromatic heterocycles. The number of aliphatic hydroxyl groups excluding tert-OH is 5. The van der Waals surface area contributed by atoms with Crippen LogP contribution >= 0.6 is 0 Å². The Balaban J connectivity index is 4.47. The lowest BCUT2D eigenvalue weighted by molar-refractivity contribution is -0.180. The largest absolute Gasteiger partial charge is 0.389 e. The topological polar surface area (TPSA) is 154 Å². The fraction of sp³-hybridized carbons (Fsp3) is 0.818. The zero-order valence-corrected chi connectivity index (χ0v) is 11.2. The third-order valence-electron chi connectivity index (χ3n) is 2.34. The maximum absolute atomic E-state index is 11.3. The Morgan fingerprint density at radius 2 is 1.55 bits per heavy atom. The van der Waals surface area contributed by atoms with Crippen LogP contribution in [0.15, 0.2) is 0 Å². The first-order valence-electron chi connectivity index (χ1n) is 5.95. The van der Waals surface area contributed by atoms with Crippen LogP contribution < -0.4 is 0 Å². The number of aliphatic hydroxyl groups is 5. The van der Waals surface area contributed by atoms with Crippen molar-refractivity contribution in [1.82, 2.24) is 0 Å². The molecule has 0 aliphatic carbocycles. The number of hydrogen-bond acceptors (Lipinski definition) is 9. The molecular formula is C11H20O9. The second kappa shape index (κ2) is 8.95. The molecule has 0 aliphatic heterocycles. The number of esters is 2. The minimum atomic E-state index is -2.26. The molecule has 5 N–H and O–H groups in total. The predicted octanol–water partition coefficient (Wildman–Crippen LogP) is -3.08. The van der Waals surface area contributed by atoms with Crippen molar-refractivity contribution in [2.24, 2.45) is 0 Å². The molecule has 0 aromatic carbocycles. The summed E-state index contributed by atoms with van der Waals surface area (Å²) in [5.41, 5.74) is 0. The van der Waals surface area contributed by atoms with E-state index in [9.17, 15) is 30.0 Å². The van der Waals surface area contributed by atoms with Crippen LogP contribution in [0.2, 0.25) is 0 Å². The fourth-order valence-electron chi connectivity index (χ4n) is 1.14. The van der Waals surface area contributed by atoms with Gasteiger partial charge in [-0.05, 0) is 13.8 Å². The van der Waals surface area contributed by atoms with Crippen molar-refractivity contribution >= 4 is 11.9 Å². The van der Waals surface area contributed by atoms with E-state index in [2.05, 4.69) is 4.74 Å². The molecule has 0 aliphatic rings. The van der Waals surface area contributed by atoms with Crippen LogP contribution in [0.5, 0.6) is 0 Å². The predicted molar refractivity (Wildman–Crippen MR) is 63.3 cm³/mol. The SMILES string of the molecule is CCOC[C@@H](O)[C@@H](O)[C@H](O)[C@@H](O)C(=O)OC(=O)C(C)O. The zero-order valence-electron chi connectivity index (χ0n) is 11.2. The lowest BCUT2D eigenvalue weighted by Gasteiger charge is -2.25. The van der Waals surface area contributed by atoms with E-state index in [0.29, 0.717) is 0 Å². The second-order valence-electron chi connectivity index (χ2n) is 4.07. The first kappa shape index (κ1) is 18.9. The molecule has 0 rings (SSSR count). The minimum absolute atomic E-state index is 0.257. The number of ether oxygens (including phenoxy) is 2. The summed E-state index contributed by atoms with van der Waals surface area (Å²) in [6.45, 7) is 2.62. The molecule has 20 heavy (non-hydrogen) atoms. The van der Waals surface area contributed by atoms with Crippen molar-refractivity contribution in [1.29, 1.82) is 0 Å². The molecule has 0 bridgehead atoms. The first-order valence-corrected chi connectivity index (χ1v) is 5.95. The van der Waals surface area contributed by atoms with E-state index < -0.39 is 42.5 Å². The van der Waals surface area contributed by atoms with E-state index >= 15 is 0 Å². The van der Waals surface area contributed by atoms with E-state index in [1.54, 1.807) is 6.92 Å². The highest BCUT2D eigenvalue weighted by molar-refractivity contribution is 5.89. The van der Waals surface area contributed by atoms with Gasteiger partial charge in [0.2, 0.25) is 0 Å². The molecule has 0 fully saturated rings. The molecule has 0 saturated carbocycles. The maximum atomic E-state index is 11.3. The Labute approximate surface area is 115 Å². The Bertz CT molecular complexity index is 317. The molecule has 0 spiro atoms. The van der Waals surface area contributed by atoms with E-state index in [4.69, 9.17) is 9.84 Å². The van der Waals surface area contributed by atoms with Gasteiger partial charge >= 0.3 is 11.9 Å². The quantitative estimate of drug-likeness (QED) is 0.232. The average Bonchev–Trinajstić information content (AvgIpc) is 2.41. The van der Waals surface area contributed by atoms with Gasteiger partial charge in [0.05, 0.1) is 6.61 Å². The molecular weight excluding hydrogens is 276 g/mol. The second-order valence-corrected chi connectivity index (χ2v) is 4.07. The number of carbonyl (C=O) groups excluding carboxylic acids is 2. The van der Waals surface area contributed by atoms with Crippen LogP contribution in [0.3, 0.4) is 0 Å². The lowest BCUT2D eigenvalue weighted by Crippen LogP contribution is -2.49. The monoisotopic (exact) mass is 296 g/mol. The van der Waals surface area contributed by atoms with Gasteiger partial charge in [0.1, 0.15) is 24.4 Å². The highest BCUT2D eigenvalue weighted by Gasteiger charge is 2.36. The van der Waals surface area contributed by atoms with Crippen LogP contribution in [0.25, 0.3) is 0 Å². The molecule has 5 atom stereocenters. The van der Waals surface area contributed by atoms with Crippen LogP contribution in [0, 0.1) is 0 Å². The van der Waals surface area contributed by atoms with Crippen LogP contribution in [-0.2, 0) is 19.1 Å². The average molecular weight is 296 g/mol. The Morgan fingerprint density at radius 1 is 1.00 bits per heavy atom. The standard InChI is InChI=1S/C11H20O9/c1-3-19-4-6(13)7(14)8(15)9(16)11(18)20-10(17)5(2)12/h5-9,12-16H,3-4H2,1-2H3/t5?,6-,7-,8+,9-/m1/s1. The van der Waals surface area contributed by atoms with Crippen molar-refractivity contribution in [3.8, 4) is 0 Å². The van der Waals surface area contributed by atoms with Gasteiger partial charge in [-0.2, -0.15) is 0 Å². The number of carbonyl (C=O) groups is 2. The fourth-order valence-corrected chi connectivity index (χ4v) is 1.14. The van der Waals surface area contributed by atoms with E-state index in [1.807, 2.05) is 0 Å². The zero-order chi connectivity index (χ0) is 15.9. The van der Waals surface area contributed by atoms with Crippen molar-refractivity contribution in [2.45, 2.75) is 44.4 Å². The van der Waals surface area contributed by atoms with Gasteiger partial charge in [0, 0.05) is 6.61 Å². The van der Waals surface area contributed by atoms with Crippen molar-refractivity contribution in [3.05, 3.63) is 0 Å². The molecule has 1 unspecified atom stereocenters. The van der Waals surface area contributed by atoms with E-state index in [-0.39, 0.29) is 13.2 Å². The smallest absolute Gasteiger partial charge is 0.345 e. The summed E-state index contributed by atoms with van der Waals surface area (Å²) in [4.78, 5) is 22.2. The van der Waals surface area contributed by atoms with Crippen LogP contribution in [0.1, 0.15) is 13.8 Å². The third-order valence-corrected chi connectivity index (χ3v) is 2.34. The van der Waals surface area contributed by atoms with Crippen molar-refractivity contribution in [3.63, 3.8) is 0 Å². The van der Waals surface area contributed by atoms with Gasteiger partial charge in [0.25, 0.3) is 0 Å². The molecule has 0 saturated heterocycles. The molecule has 0 aromatic rings. The normalized spacial score (nSPS) is 18.8. The minimum Gasteiger partial charge on any atom is -0.389 e. The first-order chi connectivity index (χ1) is 9.22. The molecule has 0 radical (unpaired) electrons. The van der Waals surface area contributed by atoms with Crippen molar-refractivity contribution in [2.75, 3.05) is 13.2 Å². The summed E-state index contributed by atoms with van der Waals surface area (Å²) < 4.78 is 8.84. The highest BCUT2D eigenvalue weighted by atomic mass is 16.6. The van der Waals surface area contributed by atoms with Gasteiger partial charge in [0.15, 0.2) is 6.10 Å². The van der Waals surface area contributed by atoms with Gasteiger partial charge in [-0.25, -0.2) is 9.59 Å². The molecule has 0 amide bonds. The maximum Gasteiger partial charge on any atom is 0.345 e. The molecule has 9 nitrogen and oxygen atoms in total. The van der Waals surface area contributed by atoms with Crippen LogP contribution in [0.4, 0.5) is 0 Å². The number of hydrogen-bond donors (Lipinski definition) is 5. The third kappa shape index (κ3) is 5.90. The lowest BCUT2D eigenvalue weighted by atomic mass is 10.0. The summed E-state index contributed by atoms with van der Waals surface area (Å²) in [7, 11) is 0.